The van der Waals surface area contributed by atoms with Gasteiger partial charge >= 0.3 is 0 Å². The lowest BCUT2D eigenvalue weighted by atomic mass is 10.0. The van der Waals surface area contributed by atoms with Crippen LogP contribution in [-0.2, 0) is 0 Å². The van der Waals surface area contributed by atoms with Crippen LogP contribution in [0.25, 0.3) is 0 Å². The molecule has 0 spiro atoms. The van der Waals surface area contributed by atoms with Crippen molar-refractivity contribution >= 4 is 0 Å². The minimum atomic E-state index is -0.0918. The monoisotopic (exact) mass is 244 g/mol. The summed E-state index contributed by atoms with van der Waals surface area (Å²) in [5, 5.41) is 19.0. The third-order valence-electron chi connectivity index (χ3n) is 3.44. The fraction of sp³-hybridized carbons (Fsp3) is 1.00. The largest absolute Gasteiger partial charge is 0.393 e. The molecule has 0 radical (unpaired) electrons. The third kappa shape index (κ3) is 12.2. The van der Waals surface area contributed by atoms with E-state index in [1.165, 1.54) is 25.7 Å². The Hall–Kier alpha value is -0.0800. The molecule has 0 aliphatic heterocycles. The van der Waals surface area contributed by atoms with Crippen molar-refractivity contribution in [2.24, 2.45) is 0 Å². The van der Waals surface area contributed by atoms with Crippen LogP contribution in [0.15, 0.2) is 0 Å². The number of aliphatic hydroxyl groups is 2. The average Bonchev–Trinajstić information content (AvgIpc) is 2.34. The second kappa shape index (κ2) is 12.4. The Morgan fingerprint density at radius 2 is 1.12 bits per heavy atom. The standard InChI is InChI=1S/C15H32O2/c1-3-5-11-15(17)13-10-8-6-7-9-12-14(16)4-2/h14-17H,3-13H2,1-2H3. The first-order valence-corrected chi connectivity index (χ1v) is 7.56. The van der Waals surface area contributed by atoms with Crippen LogP contribution in [-0.4, -0.2) is 22.4 Å². The number of hydrogen-bond acceptors (Lipinski definition) is 2. The van der Waals surface area contributed by atoms with Gasteiger partial charge in [-0.1, -0.05) is 58.8 Å². The molecule has 17 heavy (non-hydrogen) atoms. The molecule has 0 aliphatic rings. The molecule has 0 bridgehead atoms. The van der Waals surface area contributed by atoms with Gasteiger partial charge in [-0.3, -0.25) is 0 Å². The van der Waals surface area contributed by atoms with Crippen molar-refractivity contribution < 1.29 is 10.2 Å². The maximum atomic E-state index is 9.65. The molecule has 0 amide bonds. The second-order valence-corrected chi connectivity index (χ2v) is 5.20. The average molecular weight is 244 g/mol. The Kier molecular flexibility index (Phi) is 12.3. The summed E-state index contributed by atoms with van der Waals surface area (Å²) in [6.45, 7) is 4.19. The quantitative estimate of drug-likeness (QED) is 0.509. The molecule has 2 nitrogen and oxygen atoms in total. The number of rotatable bonds is 12. The van der Waals surface area contributed by atoms with Crippen molar-refractivity contribution in [3.8, 4) is 0 Å². The lowest BCUT2D eigenvalue weighted by molar-refractivity contribution is 0.147. The van der Waals surface area contributed by atoms with Gasteiger partial charge in [-0.15, -0.1) is 0 Å². The zero-order valence-corrected chi connectivity index (χ0v) is 11.8. The Morgan fingerprint density at radius 3 is 1.65 bits per heavy atom. The highest BCUT2D eigenvalue weighted by atomic mass is 16.3. The highest BCUT2D eigenvalue weighted by Gasteiger charge is 2.03. The van der Waals surface area contributed by atoms with Crippen LogP contribution < -0.4 is 0 Å². The van der Waals surface area contributed by atoms with Gasteiger partial charge in [0.1, 0.15) is 0 Å². The molecule has 0 aromatic carbocycles. The molecule has 0 aromatic rings. The van der Waals surface area contributed by atoms with Crippen molar-refractivity contribution in [3.63, 3.8) is 0 Å². The number of aliphatic hydroxyl groups excluding tert-OH is 2. The lowest BCUT2D eigenvalue weighted by Crippen LogP contribution is -2.05. The van der Waals surface area contributed by atoms with E-state index in [-0.39, 0.29) is 12.2 Å². The number of unbranched alkanes of at least 4 members (excludes halogenated alkanes) is 5. The van der Waals surface area contributed by atoms with Gasteiger partial charge in [-0.05, 0) is 25.7 Å². The van der Waals surface area contributed by atoms with Crippen molar-refractivity contribution in [1.82, 2.24) is 0 Å². The van der Waals surface area contributed by atoms with Gasteiger partial charge in [0.15, 0.2) is 0 Å². The van der Waals surface area contributed by atoms with E-state index in [1.807, 2.05) is 6.92 Å². The molecule has 2 heteroatoms. The van der Waals surface area contributed by atoms with E-state index in [2.05, 4.69) is 6.92 Å². The molecule has 0 saturated heterocycles. The summed E-state index contributed by atoms with van der Waals surface area (Å²) >= 11 is 0. The highest BCUT2D eigenvalue weighted by Crippen LogP contribution is 2.13. The summed E-state index contributed by atoms with van der Waals surface area (Å²) in [5.41, 5.74) is 0. The molecule has 0 heterocycles. The van der Waals surface area contributed by atoms with E-state index >= 15 is 0 Å². The van der Waals surface area contributed by atoms with E-state index in [9.17, 15) is 10.2 Å². The lowest BCUT2D eigenvalue weighted by Gasteiger charge is -2.09. The fourth-order valence-electron chi connectivity index (χ4n) is 2.08. The predicted molar refractivity (Wildman–Crippen MR) is 74.1 cm³/mol. The molecular weight excluding hydrogens is 212 g/mol. The summed E-state index contributed by atoms with van der Waals surface area (Å²) in [7, 11) is 0. The SMILES string of the molecule is CCCCC(O)CCCCCCCC(O)CC. The van der Waals surface area contributed by atoms with Gasteiger partial charge in [-0.25, -0.2) is 0 Å². The van der Waals surface area contributed by atoms with Crippen LogP contribution in [0.2, 0.25) is 0 Å². The van der Waals surface area contributed by atoms with Crippen LogP contribution in [0.5, 0.6) is 0 Å². The minimum absolute atomic E-state index is 0.0723. The van der Waals surface area contributed by atoms with Gasteiger partial charge < -0.3 is 10.2 Å². The Balaban J connectivity index is 3.12. The molecule has 2 unspecified atom stereocenters. The smallest absolute Gasteiger partial charge is 0.0540 e. The Morgan fingerprint density at radius 1 is 0.647 bits per heavy atom. The van der Waals surface area contributed by atoms with Crippen LogP contribution in [0, 0.1) is 0 Å². The first kappa shape index (κ1) is 16.9. The summed E-state index contributed by atoms with van der Waals surface area (Å²) < 4.78 is 0. The molecule has 0 aliphatic carbocycles. The molecule has 0 aromatic heterocycles. The van der Waals surface area contributed by atoms with E-state index in [0.29, 0.717) is 0 Å². The third-order valence-corrected chi connectivity index (χ3v) is 3.44. The molecule has 104 valence electrons. The van der Waals surface area contributed by atoms with Crippen molar-refractivity contribution in [2.75, 3.05) is 0 Å². The normalized spacial score (nSPS) is 14.8. The van der Waals surface area contributed by atoms with Crippen LogP contribution >= 0.6 is 0 Å². The first-order chi connectivity index (χ1) is 8.20. The van der Waals surface area contributed by atoms with E-state index < -0.39 is 0 Å². The van der Waals surface area contributed by atoms with Crippen molar-refractivity contribution in [2.45, 2.75) is 96.7 Å². The van der Waals surface area contributed by atoms with Gasteiger partial charge in [0, 0.05) is 0 Å². The van der Waals surface area contributed by atoms with E-state index in [0.717, 1.165) is 44.9 Å². The fourth-order valence-corrected chi connectivity index (χ4v) is 2.08. The van der Waals surface area contributed by atoms with Gasteiger partial charge in [0.05, 0.1) is 12.2 Å². The maximum absolute atomic E-state index is 9.65. The molecule has 0 saturated carbocycles. The summed E-state index contributed by atoms with van der Waals surface area (Å²) in [6.07, 6.45) is 11.9. The first-order valence-electron chi connectivity index (χ1n) is 7.56. The molecule has 2 N–H and O–H groups in total. The molecule has 0 rings (SSSR count). The van der Waals surface area contributed by atoms with Crippen LogP contribution in [0.3, 0.4) is 0 Å². The Bertz CT molecular complexity index is 148. The van der Waals surface area contributed by atoms with E-state index in [4.69, 9.17) is 0 Å². The maximum Gasteiger partial charge on any atom is 0.0540 e. The Labute approximate surface area is 107 Å². The van der Waals surface area contributed by atoms with Crippen LogP contribution in [0.1, 0.15) is 84.5 Å². The van der Waals surface area contributed by atoms with E-state index in [1.54, 1.807) is 0 Å². The number of hydrogen-bond donors (Lipinski definition) is 2. The van der Waals surface area contributed by atoms with Crippen molar-refractivity contribution in [1.29, 1.82) is 0 Å². The summed E-state index contributed by atoms with van der Waals surface area (Å²) in [4.78, 5) is 0. The zero-order valence-electron chi connectivity index (χ0n) is 11.8. The zero-order chi connectivity index (χ0) is 12.9. The highest BCUT2D eigenvalue weighted by molar-refractivity contribution is 4.57. The summed E-state index contributed by atoms with van der Waals surface area (Å²) in [5.74, 6) is 0. The molecular formula is C15H32O2. The van der Waals surface area contributed by atoms with Crippen LogP contribution in [0.4, 0.5) is 0 Å². The van der Waals surface area contributed by atoms with Gasteiger partial charge in [0.25, 0.3) is 0 Å². The van der Waals surface area contributed by atoms with Crippen molar-refractivity contribution in [3.05, 3.63) is 0 Å². The van der Waals surface area contributed by atoms with Gasteiger partial charge in [-0.2, -0.15) is 0 Å². The van der Waals surface area contributed by atoms with Gasteiger partial charge in [0.2, 0.25) is 0 Å². The summed E-state index contributed by atoms with van der Waals surface area (Å²) in [6, 6.07) is 0. The predicted octanol–water partition coefficient (Wildman–Crippen LogP) is 4.04. The minimum Gasteiger partial charge on any atom is -0.393 e. The topological polar surface area (TPSA) is 40.5 Å². The second-order valence-electron chi connectivity index (χ2n) is 5.20. The molecule has 2 atom stereocenters. The molecule has 0 fully saturated rings.